The van der Waals surface area contributed by atoms with Gasteiger partial charge in [0.2, 0.25) is 5.88 Å². The van der Waals surface area contributed by atoms with Crippen LogP contribution in [0.2, 0.25) is 0 Å². The number of hydrogen-bond acceptors (Lipinski definition) is 5. The van der Waals surface area contributed by atoms with E-state index < -0.39 is 6.10 Å². The van der Waals surface area contributed by atoms with E-state index >= 15 is 0 Å². The molecule has 144 valence electrons. The van der Waals surface area contributed by atoms with E-state index in [0.717, 1.165) is 17.4 Å². The fourth-order valence-corrected chi connectivity index (χ4v) is 2.88. The van der Waals surface area contributed by atoms with Crippen molar-refractivity contribution >= 4 is 6.29 Å². The molecule has 1 aromatic heterocycles. The van der Waals surface area contributed by atoms with Gasteiger partial charge in [0.05, 0.1) is 26.9 Å². The Kier molecular flexibility index (Phi) is 7.29. The van der Waals surface area contributed by atoms with Crippen molar-refractivity contribution in [3.63, 3.8) is 0 Å². The summed E-state index contributed by atoms with van der Waals surface area (Å²) in [5.41, 5.74) is 3.48. The minimum Gasteiger partial charge on any atom is -0.481 e. The van der Waals surface area contributed by atoms with Crippen molar-refractivity contribution in [1.29, 1.82) is 0 Å². The summed E-state index contributed by atoms with van der Waals surface area (Å²) in [6.07, 6.45) is 1.67. The van der Waals surface area contributed by atoms with Gasteiger partial charge in [-0.25, -0.2) is 4.98 Å². The maximum Gasteiger partial charge on any atom is 0.218 e. The van der Waals surface area contributed by atoms with Gasteiger partial charge < -0.3 is 19.0 Å². The van der Waals surface area contributed by atoms with Crippen molar-refractivity contribution in [3.05, 3.63) is 95.2 Å². The summed E-state index contributed by atoms with van der Waals surface area (Å²) in [6, 6.07) is 21.4. The van der Waals surface area contributed by atoms with Crippen molar-refractivity contribution < 1.29 is 19.0 Å². The van der Waals surface area contributed by atoms with Crippen LogP contribution in [0.3, 0.4) is 0 Å². The Hall–Kier alpha value is -3.02. The van der Waals surface area contributed by atoms with Crippen molar-refractivity contribution in [2.45, 2.75) is 25.9 Å². The predicted molar refractivity (Wildman–Crippen MR) is 106 cm³/mol. The molecule has 0 aliphatic heterocycles. The van der Waals surface area contributed by atoms with E-state index in [2.05, 4.69) is 4.98 Å². The highest BCUT2D eigenvalue weighted by Gasteiger charge is 2.20. The Labute approximate surface area is 164 Å². The van der Waals surface area contributed by atoms with Gasteiger partial charge in [0.1, 0.15) is 6.10 Å². The molecule has 0 bridgehead atoms. The average Bonchev–Trinajstić information content (AvgIpc) is 2.76. The Morgan fingerprint density at radius 1 is 0.893 bits per heavy atom. The molecule has 0 spiro atoms. The number of aromatic nitrogens is 1. The number of pyridine rings is 1. The first-order valence-electron chi connectivity index (χ1n) is 9.06. The van der Waals surface area contributed by atoms with Crippen LogP contribution in [0.1, 0.15) is 28.4 Å². The summed E-state index contributed by atoms with van der Waals surface area (Å²) < 4.78 is 17.1. The molecule has 28 heavy (non-hydrogen) atoms. The first-order chi connectivity index (χ1) is 13.8. The van der Waals surface area contributed by atoms with Gasteiger partial charge >= 0.3 is 0 Å². The van der Waals surface area contributed by atoms with Crippen LogP contribution >= 0.6 is 0 Å². The smallest absolute Gasteiger partial charge is 0.218 e. The van der Waals surface area contributed by atoms with Gasteiger partial charge in [-0.15, -0.1) is 0 Å². The lowest BCUT2D eigenvalue weighted by atomic mass is 10.1. The molecule has 0 amide bonds. The number of rotatable bonds is 10. The third kappa shape index (κ3) is 5.25. The van der Waals surface area contributed by atoms with Gasteiger partial charge in [-0.05, 0) is 17.2 Å². The normalized spacial score (nSPS) is 11.8. The van der Waals surface area contributed by atoms with Gasteiger partial charge in [-0.1, -0.05) is 60.7 Å². The fraction of sp³-hybridized carbons (Fsp3) is 0.217. The number of benzene rings is 2. The number of aldehydes is 1. The molecule has 1 unspecified atom stereocenters. The highest BCUT2D eigenvalue weighted by molar-refractivity contribution is 5.61. The second kappa shape index (κ2) is 10.3. The van der Waals surface area contributed by atoms with Crippen LogP contribution in [0, 0.1) is 0 Å². The Morgan fingerprint density at radius 2 is 1.54 bits per heavy atom. The first-order valence-corrected chi connectivity index (χ1v) is 9.06. The molecule has 5 heteroatoms. The molecule has 0 saturated carbocycles. The molecule has 0 aliphatic rings. The van der Waals surface area contributed by atoms with Crippen LogP contribution < -0.4 is 4.74 Å². The number of carbonyl (C=O) groups is 1. The van der Waals surface area contributed by atoms with E-state index in [0.29, 0.717) is 30.2 Å². The zero-order valence-electron chi connectivity index (χ0n) is 15.8. The molecule has 1 atom stereocenters. The number of nitrogens with zero attached hydrogens (tertiary/aromatic N) is 1. The monoisotopic (exact) mass is 377 g/mol. The largest absolute Gasteiger partial charge is 0.481 e. The molecule has 2 aromatic carbocycles. The maximum atomic E-state index is 11.7. The Balaban J connectivity index is 1.73. The highest BCUT2D eigenvalue weighted by atomic mass is 16.5. The summed E-state index contributed by atoms with van der Waals surface area (Å²) >= 11 is 0. The van der Waals surface area contributed by atoms with Crippen LogP contribution in [0.25, 0.3) is 0 Å². The maximum absolute atomic E-state index is 11.7. The molecule has 1 heterocycles. The molecule has 5 nitrogen and oxygen atoms in total. The fourth-order valence-electron chi connectivity index (χ4n) is 2.88. The SMILES string of the molecule is COc1nccc(C(C=O)OCc2ccccc2)c1COCc1ccccc1. The highest BCUT2D eigenvalue weighted by Crippen LogP contribution is 2.28. The first kappa shape index (κ1) is 19.7. The quantitative estimate of drug-likeness (QED) is 0.494. The molecular formula is C23H23NO4. The topological polar surface area (TPSA) is 57.7 Å². The third-order valence-corrected chi connectivity index (χ3v) is 4.31. The summed E-state index contributed by atoms with van der Waals surface area (Å²) in [6.45, 7) is 1.05. The predicted octanol–water partition coefficient (Wildman–Crippen LogP) is 4.26. The van der Waals surface area contributed by atoms with E-state index in [9.17, 15) is 4.79 Å². The molecule has 3 aromatic rings. The minimum atomic E-state index is -0.729. The van der Waals surface area contributed by atoms with Crippen molar-refractivity contribution in [1.82, 2.24) is 4.98 Å². The Morgan fingerprint density at radius 3 is 2.14 bits per heavy atom. The molecular weight excluding hydrogens is 354 g/mol. The summed E-state index contributed by atoms with van der Waals surface area (Å²) in [7, 11) is 1.55. The zero-order chi connectivity index (χ0) is 19.6. The molecule has 0 fully saturated rings. The summed E-state index contributed by atoms with van der Waals surface area (Å²) in [4.78, 5) is 16.0. The van der Waals surface area contributed by atoms with E-state index in [1.54, 1.807) is 19.4 Å². The van der Waals surface area contributed by atoms with Gasteiger partial charge in [0.25, 0.3) is 0 Å². The van der Waals surface area contributed by atoms with Crippen molar-refractivity contribution in [2.24, 2.45) is 0 Å². The van der Waals surface area contributed by atoms with Crippen molar-refractivity contribution in [2.75, 3.05) is 7.11 Å². The van der Waals surface area contributed by atoms with E-state index in [4.69, 9.17) is 14.2 Å². The molecule has 0 radical (unpaired) electrons. The lowest BCUT2D eigenvalue weighted by Gasteiger charge is -2.18. The number of ether oxygens (including phenoxy) is 3. The molecule has 0 aliphatic carbocycles. The molecule has 3 rings (SSSR count). The molecule has 0 N–H and O–H groups in total. The number of methoxy groups -OCH3 is 1. The second-order valence-corrected chi connectivity index (χ2v) is 6.22. The van der Waals surface area contributed by atoms with E-state index in [-0.39, 0.29) is 6.61 Å². The molecule has 0 saturated heterocycles. The average molecular weight is 377 g/mol. The lowest BCUT2D eigenvalue weighted by molar-refractivity contribution is -0.119. The third-order valence-electron chi connectivity index (χ3n) is 4.31. The van der Waals surface area contributed by atoms with Crippen LogP contribution in [-0.4, -0.2) is 18.4 Å². The van der Waals surface area contributed by atoms with E-state index in [1.807, 2.05) is 60.7 Å². The summed E-state index contributed by atoms with van der Waals surface area (Å²) in [5, 5.41) is 0. The van der Waals surface area contributed by atoms with Crippen LogP contribution in [-0.2, 0) is 34.1 Å². The second-order valence-electron chi connectivity index (χ2n) is 6.22. The van der Waals surface area contributed by atoms with Gasteiger partial charge in [0.15, 0.2) is 6.29 Å². The van der Waals surface area contributed by atoms with Gasteiger partial charge in [-0.2, -0.15) is 0 Å². The summed E-state index contributed by atoms with van der Waals surface area (Å²) in [5.74, 6) is 0.431. The Bertz CT molecular complexity index is 868. The van der Waals surface area contributed by atoms with Gasteiger partial charge in [0, 0.05) is 17.3 Å². The zero-order valence-corrected chi connectivity index (χ0v) is 15.8. The number of carbonyl (C=O) groups excluding carboxylic acids is 1. The van der Waals surface area contributed by atoms with Crippen LogP contribution in [0.15, 0.2) is 72.9 Å². The minimum absolute atomic E-state index is 0.264. The number of hydrogen-bond donors (Lipinski definition) is 0. The van der Waals surface area contributed by atoms with Crippen LogP contribution in [0.4, 0.5) is 0 Å². The lowest BCUT2D eigenvalue weighted by Crippen LogP contribution is -2.11. The van der Waals surface area contributed by atoms with Crippen LogP contribution in [0.5, 0.6) is 5.88 Å². The van der Waals surface area contributed by atoms with Gasteiger partial charge in [-0.3, -0.25) is 0 Å². The van der Waals surface area contributed by atoms with E-state index in [1.165, 1.54) is 0 Å². The van der Waals surface area contributed by atoms with Crippen molar-refractivity contribution in [3.8, 4) is 5.88 Å². The standard InChI is InChI=1S/C23H23NO4/c1-26-23-21(17-27-15-18-8-4-2-5-9-18)20(12-13-24-23)22(14-25)28-16-19-10-6-3-7-11-19/h2-14,22H,15-17H2,1H3.